The topological polar surface area (TPSA) is 65.5 Å². The van der Waals surface area contributed by atoms with Crippen LogP contribution in [0, 0.1) is 5.41 Å². The summed E-state index contributed by atoms with van der Waals surface area (Å²) in [4.78, 5) is 16.4. The third kappa shape index (κ3) is 8.90. The third-order valence-corrected chi connectivity index (χ3v) is 3.69. The minimum absolute atomic E-state index is 0.0136. The maximum atomic E-state index is 11.8. The lowest BCUT2D eigenvalue weighted by Gasteiger charge is -2.22. The Kier molecular flexibility index (Phi) is 10.7. The highest BCUT2D eigenvalue weighted by Crippen LogP contribution is 2.15. The molecule has 0 aliphatic carbocycles. The number of hydrogen-bond acceptors (Lipinski definition) is 2. The Morgan fingerprint density at radius 3 is 2.41 bits per heavy atom. The fraction of sp³-hybridized carbons (Fsp3) is 0.882. The molecule has 0 fully saturated rings. The largest absolute Gasteiger partial charge is 0.359 e. The number of rotatable bonds is 10. The van der Waals surface area contributed by atoms with Crippen molar-refractivity contribution in [1.29, 1.82) is 0 Å². The van der Waals surface area contributed by atoms with E-state index < -0.39 is 5.41 Å². The maximum Gasteiger partial charge on any atom is 0.227 e. The Labute approximate surface area is 136 Å². The molecule has 1 atom stereocenters. The molecule has 0 spiro atoms. The zero-order chi connectivity index (χ0) is 17.0. The number of nitrogens with one attached hydrogen (secondary N) is 3. The van der Waals surface area contributed by atoms with Crippen molar-refractivity contribution in [3.63, 3.8) is 0 Å². The Morgan fingerprint density at radius 2 is 1.86 bits per heavy atom. The number of aliphatic imine (C=N–C) groups is 1. The molecule has 1 amide bonds. The normalized spacial score (nSPS) is 13.6. The van der Waals surface area contributed by atoms with Gasteiger partial charge in [-0.3, -0.25) is 9.79 Å². The van der Waals surface area contributed by atoms with Crippen molar-refractivity contribution in [3.05, 3.63) is 0 Å². The van der Waals surface area contributed by atoms with E-state index in [2.05, 4.69) is 34.8 Å². The lowest BCUT2D eigenvalue weighted by molar-refractivity contribution is -0.128. The molecule has 0 radical (unpaired) electrons. The van der Waals surface area contributed by atoms with E-state index in [1.807, 2.05) is 20.8 Å². The summed E-state index contributed by atoms with van der Waals surface area (Å²) in [6.07, 6.45) is 6.25. The van der Waals surface area contributed by atoms with Crippen molar-refractivity contribution in [1.82, 2.24) is 16.0 Å². The summed E-state index contributed by atoms with van der Waals surface area (Å²) in [6.45, 7) is 11.6. The average Bonchev–Trinajstić information content (AvgIpc) is 2.48. The molecular weight excluding hydrogens is 276 g/mol. The Morgan fingerprint density at radius 1 is 1.18 bits per heavy atom. The summed E-state index contributed by atoms with van der Waals surface area (Å²) in [5.74, 6) is 0.808. The minimum atomic E-state index is -0.499. The molecule has 5 nitrogen and oxygen atoms in total. The fourth-order valence-electron chi connectivity index (χ4n) is 2.19. The summed E-state index contributed by atoms with van der Waals surface area (Å²) in [5.41, 5.74) is -0.499. The number of guanidine groups is 1. The molecule has 130 valence electrons. The van der Waals surface area contributed by atoms with Gasteiger partial charge in [0.2, 0.25) is 5.91 Å². The van der Waals surface area contributed by atoms with Gasteiger partial charge in [-0.15, -0.1) is 0 Å². The van der Waals surface area contributed by atoms with Crippen molar-refractivity contribution in [2.24, 2.45) is 10.4 Å². The lowest BCUT2D eigenvalue weighted by Crippen LogP contribution is -2.44. The first-order valence-corrected chi connectivity index (χ1v) is 8.64. The number of carbonyl (C=O) groups is 1. The summed E-state index contributed by atoms with van der Waals surface area (Å²) in [7, 11) is 1.66. The van der Waals surface area contributed by atoms with Crippen molar-refractivity contribution in [3.8, 4) is 0 Å². The lowest BCUT2D eigenvalue weighted by atomic mass is 9.93. The number of nitrogens with zero attached hydrogens (tertiary/aromatic N) is 1. The molecule has 0 saturated heterocycles. The van der Waals surface area contributed by atoms with Gasteiger partial charge in [0.1, 0.15) is 0 Å². The summed E-state index contributed by atoms with van der Waals surface area (Å²) in [6, 6.07) is 0.387. The van der Waals surface area contributed by atoms with Crippen LogP contribution >= 0.6 is 0 Å². The van der Waals surface area contributed by atoms with E-state index in [1.54, 1.807) is 7.05 Å². The number of amides is 1. The van der Waals surface area contributed by atoms with Crippen LogP contribution < -0.4 is 16.0 Å². The molecule has 22 heavy (non-hydrogen) atoms. The van der Waals surface area contributed by atoms with E-state index in [9.17, 15) is 4.79 Å². The second kappa shape index (κ2) is 11.3. The molecule has 0 aliphatic heterocycles. The molecule has 0 saturated carbocycles. The number of carbonyl (C=O) groups excluding carboxylic acids is 1. The molecule has 0 aromatic rings. The van der Waals surface area contributed by atoms with E-state index in [-0.39, 0.29) is 5.91 Å². The maximum absolute atomic E-state index is 11.8. The average molecular weight is 313 g/mol. The predicted octanol–water partition coefficient (Wildman–Crippen LogP) is 2.67. The van der Waals surface area contributed by atoms with Gasteiger partial charge in [0.05, 0.1) is 12.0 Å². The number of hydrogen-bond donors (Lipinski definition) is 3. The van der Waals surface area contributed by atoms with Crippen molar-refractivity contribution in [2.45, 2.75) is 72.8 Å². The fourth-order valence-corrected chi connectivity index (χ4v) is 2.19. The molecular formula is C17H36N4O. The van der Waals surface area contributed by atoms with Gasteiger partial charge in [0, 0.05) is 19.6 Å². The SMILES string of the molecule is CCCCCCC(C)NC(=NCC(C)(C)C(=O)NC)NCC. The van der Waals surface area contributed by atoms with Crippen LogP contribution in [-0.2, 0) is 4.79 Å². The van der Waals surface area contributed by atoms with Crippen LogP contribution in [0.5, 0.6) is 0 Å². The van der Waals surface area contributed by atoms with Gasteiger partial charge in [0.15, 0.2) is 5.96 Å². The van der Waals surface area contributed by atoms with Gasteiger partial charge in [-0.2, -0.15) is 0 Å². The Hall–Kier alpha value is -1.26. The molecule has 0 bridgehead atoms. The molecule has 5 heteroatoms. The van der Waals surface area contributed by atoms with Crippen LogP contribution in [0.25, 0.3) is 0 Å². The van der Waals surface area contributed by atoms with Crippen LogP contribution in [0.3, 0.4) is 0 Å². The minimum Gasteiger partial charge on any atom is -0.359 e. The standard InChI is InChI=1S/C17H36N4O/c1-7-9-10-11-12-14(3)21-16(19-8-2)20-13-17(4,5)15(22)18-6/h14H,7-13H2,1-6H3,(H,18,22)(H2,19,20,21). The van der Waals surface area contributed by atoms with E-state index in [1.165, 1.54) is 25.7 Å². The van der Waals surface area contributed by atoms with Gasteiger partial charge in [-0.25, -0.2) is 0 Å². The molecule has 0 aliphatic rings. The van der Waals surface area contributed by atoms with E-state index in [0.29, 0.717) is 12.6 Å². The number of unbranched alkanes of at least 4 members (excludes halogenated alkanes) is 3. The molecule has 0 heterocycles. The van der Waals surface area contributed by atoms with Gasteiger partial charge in [0.25, 0.3) is 0 Å². The molecule has 0 rings (SSSR count). The first kappa shape index (κ1) is 20.7. The van der Waals surface area contributed by atoms with Gasteiger partial charge in [-0.05, 0) is 34.1 Å². The molecule has 1 unspecified atom stereocenters. The smallest absolute Gasteiger partial charge is 0.227 e. The predicted molar refractivity (Wildman–Crippen MR) is 95.2 cm³/mol. The van der Waals surface area contributed by atoms with Gasteiger partial charge in [-0.1, -0.05) is 32.6 Å². The van der Waals surface area contributed by atoms with Crippen molar-refractivity contribution in [2.75, 3.05) is 20.1 Å². The highest BCUT2D eigenvalue weighted by atomic mass is 16.2. The van der Waals surface area contributed by atoms with Crippen LogP contribution in [0.4, 0.5) is 0 Å². The van der Waals surface area contributed by atoms with Crippen molar-refractivity contribution >= 4 is 11.9 Å². The second-order valence-corrected chi connectivity index (χ2v) is 6.55. The molecule has 0 aromatic heterocycles. The van der Waals surface area contributed by atoms with Crippen LogP contribution in [0.1, 0.15) is 66.7 Å². The van der Waals surface area contributed by atoms with Crippen LogP contribution in [0.2, 0.25) is 0 Å². The second-order valence-electron chi connectivity index (χ2n) is 6.55. The van der Waals surface area contributed by atoms with E-state index in [4.69, 9.17) is 0 Å². The molecule has 3 N–H and O–H groups in total. The first-order chi connectivity index (χ1) is 10.4. The van der Waals surface area contributed by atoms with Crippen LogP contribution in [0.15, 0.2) is 4.99 Å². The molecule has 0 aromatic carbocycles. The van der Waals surface area contributed by atoms with Gasteiger partial charge >= 0.3 is 0 Å². The Balaban J connectivity index is 4.45. The van der Waals surface area contributed by atoms with Crippen LogP contribution in [-0.4, -0.2) is 38.0 Å². The zero-order valence-corrected chi connectivity index (χ0v) is 15.4. The third-order valence-electron chi connectivity index (χ3n) is 3.69. The van der Waals surface area contributed by atoms with E-state index in [0.717, 1.165) is 18.9 Å². The summed E-state index contributed by atoms with van der Waals surface area (Å²) >= 11 is 0. The van der Waals surface area contributed by atoms with E-state index >= 15 is 0 Å². The van der Waals surface area contributed by atoms with Crippen molar-refractivity contribution < 1.29 is 4.79 Å². The highest BCUT2D eigenvalue weighted by Gasteiger charge is 2.26. The Bertz CT molecular complexity index is 340. The highest BCUT2D eigenvalue weighted by molar-refractivity contribution is 5.83. The van der Waals surface area contributed by atoms with Gasteiger partial charge < -0.3 is 16.0 Å². The first-order valence-electron chi connectivity index (χ1n) is 8.64. The zero-order valence-electron chi connectivity index (χ0n) is 15.4. The monoisotopic (exact) mass is 312 g/mol. The summed E-state index contributed by atoms with van der Waals surface area (Å²) in [5, 5.41) is 9.38. The quantitative estimate of drug-likeness (QED) is 0.330. The summed E-state index contributed by atoms with van der Waals surface area (Å²) < 4.78 is 0.